The SMILES string of the molecule is CCOC(=O)CCc1ccncc1Cc1ccc(Br)c2ccccc12. The molecule has 4 heteroatoms. The number of halogens is 1. The lowest BCUT2D eigenvalue weighted by Crippen LogP contribution is -2.06. The van der Waals surface area contributed by atoms with Crippen LogP contribution in [0.15, 0.2) is 59.3 Å². The molecule has 2 aromatic carbocycles. The number of nitrogens with zero attached hydrogens (tertiary/aromatic N) is 1. The molecule has 128 valence electrons. The maximum Gasteiger partial charge on any atom is 0.306 e. The molecule has 0 amide bonds. The summed E-state index contributed by atoms with van der Waals surface area (Å²) in [6, 6.07) is 14.6. The van der Waals surface area contributed by atoms with Gasteiger partial charge in [0.25, 0.3) is 0 Å². The molecule has 0 saturated heterocycles. The molecule has 0 spiro atoms. The van der Waals surface area contributed by atoms with Gasteiger partial charge in [0.15, 0.2) is 0 Å². The highest BCUT2D eigenvalue weighted by Gasteiger charge is 2.10. The van der Waals surface area contributed by atoms with Gasteiger partial charge in [-0.05, 0) is 59.4 Å². The molecule has 0 bridgehead atoms. The number of carbonyl (C=O) groups excluding carboxylic acids is 1. The van der Waals surface area contributed by atoms with Gasteiger partial charge in [0.1, 0.15) is 0 Å². The zero-order chi connectivity index (χ0) is 17.6. The van der Waals surface area contributed by atoms with Crippen LogP contribution in [0.2, 0.25) is 0 Å². The van der Waals surface area contributed by atoms with Crippen LogP contribution in [0, 0.1) is 0 Å². The van der Waals surface area contributed by atoms with Gasteiger partial charge >= 0.3 is 5.97 Å². The van der Waals surface area contributed by atoms with Gasteiger partial charge in [-0.25, -0.2) is 0 Å². The molecule has 0 radical (unpaired) electrons. The van der Waals surface area contributed by atoms with Crippen molar-refractivity contribution in [2.75, 3.05) is 6.61 Å². The quantitative estimate of drug-likeness (QED) is 0.544. The largest absolute Gasteiger partial charge is 0.466 e. The van der Waals surface area contributed by atoms with Gasteiger partial charge in [0.05, 0.1) is 6.61 Å². The molecule has 0 atom stereocenters. The molecule has 0 N–H and O–H groups in total. The number of fused-ring (bicyclic) bond motifs is 1. The first-order valence-corrected chi connectivity index (χ1v) is 9.22. The second-order valence-electron chi connectivity index (χ2n) is 5.88. The summed E-state index contributed by atoms with van der Waals surface area (Å²) in [6.45, 7) is 2.25. The van der Waals surface area contributed by atoms with Crippen LogP contribution in [-0.2, 0) is 22.4 Å². The number of esters is 1. The minimum Gasteiger partial charge on any atom is -0.466 e. The second kappa shape index (κ2) is 8.26. The van der Waals surface area contributed by atoms with Crippen molar-refractivity contribution in [1.82, 2.24) is 4.98 Å². The number of rotatable bonds is 6. The molecule has 0 saturated carbocycles. The van der Waals surface area contributed by atoms with Crippen molar-refractivity contribution in [3.63, 3.8) is 0 Å². The number of hydrogen-bond acceptors (Lipinski definition) is 3. The molecule has 0 aliphatic rings. The van der Waals surface area contributed by atoms with Gasteiger partial charge in [0.2, 0.25) is 0 Å². The summed E-state index contributed by atoms with van der Waals surface area (Å²) >= 11 is 3.62. The van der Waals surface area contributed by atoms with Gasteiger partial charge in [-0.15, -0.1) is 0 Å². The van der Waals surface area contributed by atoms with Crippen LogP contribution in [0.3, 0.4) is 0 Å². The summed E-state index contributed by atoms with van der Waals surface area (Å²) in [5.74, 6) is -0.153. The number of pyridine rings is 1. The van der Waals surface area contributed by atoms with E-state index >= 15 is 0 Å². The van der Waals surface area contributed by atoms with Crippen LogP contribution in [-0.4, -0.2) is 17.6 Å². The van der Waals surface area contributed by atoms with Gasteiger partial charge in [-0.1, -0.05) is 46.3 Å². The van der Waals surface area contributed by atoms with Crippen molar-refractivity contribution in [3.05, 3.63) is 76.0 Å². The number of aryl methyl sites for hydroxylation is 1. The lowest BCUT2D eigenvalue weighted by atomic mass is 9.95. The summed E-state index contributed by atoms with van der Waals surface area (Å²) < 4.78 is 6.13. The normalized spacial score (nSPS) is 10.8. The first kappa shape index (κ1) is 17.6. The van der Waals surface area contributed by atoms with E-state index in [0.717, 1.165) is 22.0 Å². The Bertz CT molecular complexity index is 892. The van der Waals surface area contributed by atoms with Crippen molar-refractivity contribution in [2.45, 2.75) is 26.2 Å². The smallest absolute Gasteiger partial charge is 0.306 e. The molecule has 3 aromatic rings. The number of benzene rings is 2. The number of ether oxygens (including phenoxy) is 1. The van der Waals surface area contributed by atoms with Crippen molar-refractivity contribution in [1.29, 1.82) is 0 Å². The van der Waals surface area contributed by atoms with E-state index in [1.807, 2.05) is 25.3 Å². The molecular formula is C21H20BrNO2. The summed E-state index contributed by atoms with van der Waals surface area (Å²) in [5, 5.41) is 2.44. The predicted molar refractivity (Wildman–Crippen MR) is 104 cm³/mol. The molecule has 1 heterocycles. The molecule has 0 fully saturated rings. The second-order valence-corrected chi connectivity index (χ2v) is 6.73. The lowest BCUT2D eigenvalue weighted by molar-refractivity contribution is -0.143. The highest BCUT2D eigenvalue weighted by atomic mass is 79.9. The molecule has 0 aliphatic carbocycles. The zero-order valence-corrected chi connectivity index (χ0v) is 15.8. The van der Waals surface area contributed by atoms with E-state index < -0.39 is 0 Å². The Hall–Kier alpha value is -2.20. The fourth-order valence-electron chi connectivity index (χ4n) is 3.01. The highest BCUT2D eigenvalue weighted by molar-refractivity contribution is 9.10. The van der Waals surface area contributed by atoms with Crippen LogP contribution in [0.25, 0.3) is 10.8 Å². The first-order chi connectivity index (χ1) is 12.2. The molecule has 0 unspecified atom stereocenters. The van der Waals surface area contributed by atoms with Gasteiger partial charge in [-0.3, -0.25) is 9.78 Å². The zero-order valence-electron chi connectivity index (χ0n) is 14.2. The van der Waals surface area contributed by atoms with Gasteiger partial charge in [0, 0.05) is 23.3 Å². The first-order valence-electron chi connectivity index (χ1n) is 8.42. The molecule has 3 nitrogen and oxygen atoms in total. The maximum absolute atomic E-state index is 11.7. The topological polar surface area (TPSA) is 39.2 Å². The van der Waals surface area contributed by atoms with Crippen LogP contribution < -0.4 is 0 Å². The van der Waals surface area contributed by atoms with E-state index in [-0.39, 0.29) is 5.97 Å². The average Bonchev–Trinajstić information content (AvgIpc) is 2.64. The average molecular weight is 398 g/mol. The van der Waals surface area contributed by atoms with Crippen molar-refractivity contribution in [2.24, 2.45) is 0 Å². The van der Waals surface area contributed by atoms with Crippen molar-refractivity contribution in [3.8, 4) is 0 Å². The van der Waals surface area contributed by atoms with E-state index in [2.05, 4.69) is 51.2 Å². The minimum atomic E-state index is -0.153. The predicted octanol–water partition coefficient (Wildman–Crippen LogP) is 5.08. The highest BCUT2D eigenvalue weighted by Crippen LogP contribution is 2.28. The summed E-state index contributed by atoms with van der Waals surface area (Å²) in [7, 11) is 0. The van der Waals surface area contributed by atoms with E-state index in [1.54, 1.807) is 6.20 Å². The maximum atomic E-state index is 11.7. The standard InChI is InChI=1S/C21H20BrNO2/c1-2-25-21(24)10-8-15-11-12-23-14-17(15)13-16-7-9-20(22)19-6-4-3-5-18(16)19/h3-7,9,11-12,14H,2,8,10,13H2,1H3. The fourth-order valence-corrected chi connectivity index (χ4v) is 3.49. The number of hydrogen-bond donors (Lipinski definition) is 0. The van der Waals surface area contributed by atoms with Crippen molar-refractivity contribution >= 4 is 32.7 Å². The molecule has 25 heavy (non-hydrogen) atoms. The Balaban J connectivity index is 1.87. The molecule has 1 aromatic heterocycles. The molecular weight excluding hydrogens is 378 g/mol. The Labute approximate surface area is 156 Å². The Kier molecular flexibility index (Phi) is 5.82. The van der Waals surface area contributed by atoms with E-state index in [1.165, 1.54) is 16.3 Å². The molecule has 0 aliphatic heterocycles. The van der Waals surface area contributed by atoms with Crippen LogP contribution in [0.1, 0.15) is 30.0 Å². The summed E-state index contributed by atoms with van der Waals surface area (Å²) in [5.41, 5.74) is 3.55. The van der Waals surface area contributed by atoms with E-state index in [9.17, 15) is 4.79 Å². The minimum absolute atomic E-state index is 0.153. The third-order valence-corrected chi connectivity index (χ3v) is 4.94. The van der Waals surface area contributed by atoms with Crippen LogP contribution in [0.4, 0.5) is 0 Å². The number of carbonyl (C=O) groups is 1. The van der Waals surface area contributed by atoms with Crippen LogP contribution >= 0.6 is 15.9 Å². The summed E-state index contributed by atoms with van der Waals surface area (Å²) in [4.78, 5) is 15.9. The van der Waals surface area contributed by atoms with Crippen LogP contribution in [0.5, 0.6) is 0 Å². The van der Waals surface area contributed by atoms with Gasteiger partial charge < -0.3 is 4.74 Å². The Morgan fingerprint density at radius 1 is 1.04 bits per heavy atom. The monoisotopic (exact) mass is 397 g/mol. The van der Waals surface area contributed by atoms with Crippen molar-refractivity contribution < 1.29 is 9.53 Å². The fraction of sp³-hybridized carbons (Fsp3) is 0.238. The lowest BCUT2D eigenvalue weighted by Gasteiger charge is -2.12. The Morgan fingerprint density at radius 3 is 2.64 bits per heavy atom. The molecule has 3 rings (SSSR count). The van der Waals surface area contributed by atoms with E-state index in [4.69, 9.17) is 4.74 Å². The third kappa shape index (κ3) is 4.26. The third-order valence-electron chi connectivity index (χ3n) is 4.25. The van der Waals surface area contributed by atoms with E-state index in [0.29, 0.717) is 19.4 Å². The summed E-state index contributed by atoms with van der Waals surface area (Å²) in [6.07, 6.45) is 5.54. The van der Waals surface area contributed by atoms with Gasteiger partial charge in [-0.2, -0.15) is 0 Å². The number of aromatic nitrogens is 1. The Morgan fingerprint density at radius 2 is 1.84 bits per heavy atom.